The van der Waals surface area contributed by atoms with Gasteiger partial charge < -0.3 is 5.32 Å². The highest BCUT2D eigenvalue weighted by molar-refractivity contribution is 5.78. The fraction of sp³-hybridized carbons (Fsp3) is 0.923. The zero-order valence-electron chi connectivity index (χ0n) is 10.4. The van der Waals surface area contributed by atoms with Gasteiger partial charge in [-0.05, 0) is 24.7 Å². The van der Waals surface area contributed by atoms with Crippen LogP contribution in [0.1, 0.15) is 59.3 Å². The van der Waals surface area contributed by atoms with E-state index in [9.17, 15) is 4.79 Å². The van der Waals surface area contributed by atoms with E-state index < -0.39 is 0 Å². The Bertz CT molecular complexity index is 199. The first-order valence-electron chi connectivity index (χ1n) is 6.27. The maximum atomic E-state index is 11.8. The summed E-state index contributed by atoms with van der Waals surface area (Å²) < 4.78 is 0. The number of nitrogens with one attached hydrogen (secondary N) is 1. The normalized spacial score (nSPS) is 18.9. The van der Waals surface area contributed by atoms with E-state index in [1.54, 1.807) is 0 Å². The van der Waals surface area contributed by atoms with Gasteiger partial charge in [0.05, 0.1) is 0 Å². The second kappa shape index (κ2) is 5.53. The minimum atomic E-state index is 0.291. The minimum Gasteiger partial charge on any atom is -0.356 e. The number of hydrogen-bond acceptors (Lipinski definition) is 1. The quantitative estimate of drug-likeness (QED) is 0.763. The van der Waals surface area contributed by atoms with Crippen molar-refractivity contribution in [3.8, 4) is 0 Å². The predicted octanol–water partition coefficient (Wildman–Crippen LogP) is 3.12. The first-order valence-corrected chi connectivity index (χ1v) is 6.27. The Morgan fingerprint density at radius 1 is 1.20 bits per heavy atom. The van der Waals surface area contributed by atoms with E-state index in [1.807, 2.05) is 0 Å². The third kappa shape index (κ3) is 5.19. The molecule has 1 aliphatic carbocycles. The minimum absolute atomic E-state index is 0.291. The molecule has 0 aromatic heterocycles. The highest BCUT2D eigenvalue weighted by Gasteiger charge is 2.21. The van der Waals surface area contributed by atoms with Crippen molar-refractivity contribution in [2.75, 3.05) is 6.54 Å². The summed E-state index contributed by atoms with van der Waals surface area (Å²) in [6, 6.07) is 0. The van der Waals surface area contributed by atoms with Gasteiger partial charge in [-0.2, -0.15) is 0 Å². The van der Waals surface area contributed by atoms with Crippen molar-refractivity contribution >= 4 is 5.91 Å². The van der Waals surface area contributed by atoms with Crippen LogP contribution in [-0.2, 0) is 4.79 Å². The van der Waals surface area contributed by atoms with Crippen molar-refractivity contribution < 1.29 is 4.79 Å². The van der Waals surface area contributed by atoms with Gasteiger partial charge in [0.1, 0.15) is 0 Å². The van der Waals surface area contributed by atoms with Crippen LogP contribution in [0.5, 0.6) is 0 Å². The Kier molecular flexibility index (Phi) is 4.62. The smallest absolute Gasteiger partial charge is 0.223 e. The molecule has 1 rings (SSSR count). The Morgan fingerprint density at radius 2 is 1.80 bits per heavy atom. The first-order chi connectivity index (χ1) is 6.99. The summed E-state index contributed by atoms with van der Waals surface area (Å²) in [7, 11) is 0. The van der Waals surface area contributed by atoms with E-state index in [-0.39, 0.29) is 0 Å². The van der Waals surface area contributed by atoms with Crippen molar-refractivity contribution in [1.82, 2.24) is 5.32 Å². The summed E-state index contributed by atoms with van der Waals surface area (Å²) in [6.07, 6.45) is 7.04. The summed E-state index contributed by atoms with van der Waals surface area (Å²) in [5, 5.41) is 3.07. The lowest BCUT2D eigenvalue weighted by atomic mass is 9.88. The van der Waals surface area contributed by atoms with E-state index in [0.29, 0.717) is 17.2 Å². The average molecular weight is 211 g/mol. The van der Waals surface area contributed by atoms with E-state index in [2.05, 4.69) is 26.1 Å². The van der Waals surface area contributed by atoms with E-state index in [1.165, 1.54) is 19.3 Å². The van der Waals surface area contributed by atoms with Crippen LogP contribution in [0.4, 0.5) is 0 Å². The summed E-state index contributed by atoms with van der Waals surface area (Å²) in [5.41, 5.74) is 0.319. The van der Waals surface area contributed by atoms with E-state index >= 15 is 0 Å². The lowest BCUT2D eigenvalue weighted by Gasteiger charge is -2.22. The third-order valence-corrected chi connectivity index (χ3v) is 3.15. The fourth-order valence-electron chi connectivity index (χ4n) is 2.07. The van der Waals surface area contributed by atoms with Crippen molar-refractivity contribution in [1.29, 1.82) is 0 Å². The summed E-state index contributed by atoms with van der Waals surface area (Å²) >= 11 is 0. The highest BCUT2D eigenvalue weighted by atomic mass is 16.1. The largest absolute Gasteiger partial charge is 0.356 e. The van der Waals surface area contributed by atoms with Crippen LogP contribution in [0, 0.1) is 11.3 Å². The lowest BCUT2D eigenvalue weighted by molar-refractivity contribution is -0.125. The predicted molar refractivity (Wildman–Crippen MR) is 63.7 cm³/mol. The number of rotatable bonds is 3. The second-order valence-corrected chi connectivity index (χ2v) is 5.94. The van der Waals surface area contributed by atoms with Gasteiger partial charge in [-0.1, -0.05) is 40.0 Å². The molecule has 0 aliphatic heterocycles. The molecule has 1 saturated carbocycles. The van der Waals surface area contributed by atoms with Crippen LogP contribution >= 0.6 is 0 Å². The van der Waals surface area contributed by atoms with Gasteiger partial charge in [0.15, 0.2) is 0 Å². The van der Waals surface area contributed by atoms with Crippen molar-refractivity contribution in [3.05, 3.63) is 0 Å². The van der Waals surface area contributed by atoms with Crippen LogP contribution in [-0.4, -0.2) is 12.5 Å². The van der Waals surface area contributed by atoms with Crippen molar-refractivity contribution in [2.24, 2.45) is 11.3 Å². The molecular weight excluding hydrogens is 186 g/mol. The van der Waals surface area contributed by atoms with Crippen LogP contribution in [0.2, 0.25) is 0 Å². The van der Waals surface area contributed by atoms with Crippen molar-refractivity contribution in [2.45, 2.75) is 59.3 Å². The molecule has 0 atom stereocenters. The average Bonchev–Trinajstić information content (AvgIpc) is 2.17. The first kappa shape index (κ1) is 12.5. The van der Waals surface area contributed by atoms with Gasteiger partial charge in [0.25, 0.3) is 0 Å². The molecule has 0 spiro atoms. The van der Waals surface area contributed by atoms with Crippen LogP contribution in [0.3, 0.4) is 0 Å². The maximum absolute atomic E-state index is 11.8. The van der Waals surface area contributed by atoms with Gasteiger partial charge in [-0.25, -0.2) is 0 Å². The Balaban J connectivity index is 2.17. The molecular formula is C13H25NO. The highest BCUT2D eigenvalue weighted by Crippen LogP contribution is 2.24. The topological polar surface area (TPSA) is 29.1 Å². The SMILES string of the molecule is CC(C)(C)CCNC(=O)C1CCCCC1. The number of amides is 1. The standard InChI is InChI=1S/C13H25NO/c1-13(2,3)9-10-14-12(15)11-7-5-4-6-8-11/h11H,4-10H2,1-3H3,(H,14,15). The molecule has 2 nitrogen and oxygen atoms in total. The molecule has 0 aromatic rings. The van der Waals surface area contributed by atoms with Crippen LogP contribution < -0.4 is 5.32 Å². The molecule has 88 valence electrons. The summed E-state index contributed by atoms with van der Waals surface area (Å²) in [5.74, 6) is 0.595. The van der Waals surface area contributed by atoms with E-state index in [4.69, 9.17) is 0 Å². The number of carbonyl (C=O) groups is 1. The molecule has 1 aliphatic rings. The Labute approximate surface area is 93.8 Å². The monoisotopic (exact) mass is 211 g/mol. The molecule has 2 heteroatoms. The molecule has 15 heavy (non-hydrogen) atoms. The van der Waals surface area contributed by atoms with Gasteiger partial charge in [-0.15, -0.1) is 0 Å². The van der Waals surface area contributed by atoms with Crippen LogP contribution in [0.15, 0.2) is 0 Å². The molecule has 0 heterocycles. The van der Waals surface area contributed by atoms with Crippen LogP contribution in [0.25, 0.3) is 0 Å². The fourth-order valence-corrected chi connectivity index (χ4v) is 2.07. The van der Waals surface area contributed by atoms with E-state index in [0.717, 1.165) is 25.8 Å². The number of carbonyl (C=O) groups excluding carboxylic acids is 1. The number of hydrogen-bond donors (Lipinski definition) is 1. The zero-order chi connectivity index (χ0) is 11.3. The molecule has 0 radical (unpaired) electrons. The second-order valence-electron chi connectivity index (χ2n) is 5.94. The molecule has 0 bridgehead atoms. The molecule has 0 aromatic carbocycles. The third-order valence-electron chi connectivity index (χ3n) is 3.15. The molecule has 0 saturated heterocycles. The summed E-state index contributed by atoms with van der Waals surface area (Å²) in [4.78, 5) is 11.8. The summed E-state index contributed by atoms with van der Waals surface area (Å²) in [6.45, 7) is 7.46. The Hall–Kier alpha value is -0.530. The van der Waals surface area contributed by atoms with Gasteiger partial charge >= 0.3 is 0 Å². The van der Waals surface area contributed by atoms with Gasteiger partial charge in [-0.3, -0.25) is 4.79 Å². The van der Waals surface area contributed by atoms with Gasteiger partial charge in [0, 0.05) is 12.5 Å². The Morgan fingerprint density at radius 3 is 2.33 bits per heavy atom. The molecule has 1 fully saturated rings. The lowest BCUT2D eigenvalue weighted by Crippen LogP contribution is -2.33. The van der Waals surface area contributed by atoms with Crippen molar-refractivity contribution in [3.63, 3.8) is 0 Å². The zero-order valence-corrected chi connectivity index (χ0v) is 10.4. The molecule has 1 amide bonds. The molecule has 0 unspecified atom stereocenters. The maximum Gasteiger partial charge on any atom is 0.223 e. The molecule has 1 N–H and O–H groups in total. The van der Waals surface area contributed by atoms with Gasteiger partial charge in [0.2, 0.25) is 5.91 Å².